The van der Waals surface area contributed by atoms with Crippen molar-refractivity contribution in [3.05, 3.63) is 65.2 Å². The fourth-order valence-corrected chi connectivity index (χ4v) is 3.35. The molecule has 0 fully saturated rings. The number of thioether (sulfide) groups is 1. The van der Waals surface area contributed by atoms with Gasteiger partial charge in [0.25, 0.3) is 11.8 Å². The van der Waals surface area contributed by atoms with Crippen molar-refractivity contribution in [3.8, 4) is 0 Å². The molecule has 0 bridgehead atoms. The van der Waals surface area contributed by atoms with E-state index in [0.717, 1.165) is 4.90 Å². The third-order valence-electron chi connectivity index (χ3n) is 3.91. The van der Waals surface area contributed by atoms with Crippen LogP contribution in [0.1, 0.15) is 32.7 Å². The number of aryl methyl sites for hydroxylation is 1. The first kappa shape index (κ1) is 16.5. The van der Waals surface area contributed by atoms with Crippen molar-refractivity contribution in [2.75, 3.05) is 12.3 Å². The number of amides is 2. The highest BCUT2D eigenvalue weighted by Crippen LogP contribution is 2.23. The van der Waals surface area contributed by atoms with Crippen LogP contribution in [0.25, 0.3) is 0 Å². The van der Waals surface area contributed by atoms with E-state index in [9.17, 15) is 14.4 Å². The summed E-state index contributed by atoms with van der Waals surface area (Å²) in [5, 5.41) is 0. The molecule has 0 unspecified atom stereocenters. The Kier molecular flexibility index (Phi) is 4.81. The number of hydrogen-bond donors (Lipinski definition) is 0. The fourth-order valence-electron chi connectivity index (χ4n) is 2.55. The molecule has 0 aliphatic carbocycles. The van der Waals surface area contributed by atoms with Crippen LogP contribution in [0, 0.1) is 6.92 Å². The number of benzene rings is 2. The predicted octanol–water partition coefficient (Wildman–Crippen LogP) is 3.34. The van der Waals surface area contributed by atoms with Crippen LogP contribution in [0.5, 0.6) is 0 Å². The molecule has 1 heterocycles. The van der Waals surface area contributed by atoms with E-state index in [2.05, 4.69) is 0 Å². The zero-order valence-corrected chi connectivity index (χ0v) is 14.1. The molecule has 0 aromatic heterocycles. The number of carbonyl (C=O) groups excluding carboxylic acids is 3. The van der Waals surface area contributed by atoms with Gasteiger partial charge in [0.05, 0.1) is 16.9 Å². The monoisotopic (exact) mass is 339 g/mol. The Bertz CT molecular complexity index is 764. The van der Waals surface area contributed by atoms with Crippen molar-refractivity contribution in [1.29, 1.82) is 0 Å². The zero-order valence-electron chi connectivity index (χ0n) is 13.3. The molecule has 1 aliphatic rings. The van der Waals surface area contributed by atoms with Crippen LogP contribution in [-0.4, -0.2) is 34.8 Å². The molecule has 5 heteroatoms. The summed E-state index contributed by atoms with van der Waals surface area (Å²) in [5.74, 6) is -0.256. The van der Waals surface area contributed by atoms with E-state index < -0.39 is 0 Å². The van der Waals surface area contributed by atoms with Gasteiger partial charge in [-0.1, -0.05) is 29.8 Å². The fraction of sp³-hybridized carbons (Fsp3) is 0.211. The number of nitrogens with zero attached hydrogens (tertiary/aromatic N) is 1. The van der Waals surface area contributed by atoms with Crippen molar-refractivity contribution in [2.24, 2.45) is 0 Å². The van der Waals surface area contributed by atoms with E-state index in [4.69, 9.17) is 0 Å². The maximum Gasteiger partial charge on any atom is 0.261 e. The minimum atomic E-state index is -0.311. The largest absolute Gasteiger partial charge is 0.299 e. The lowest BCUT2D eigenvalue weighted by molar-refractivity contribution is -0.116. The summed E-state index contributed by atoms with van der Waals surface area (Å²) in [7, 11) is 0. The Balaban J connectivity index is 1.53. The standard InChI is InChI=1S/C19H17NO3S/c1-13-6-8-15(9-7-13)24-12-14(21)10-11-20-18(22)16-4-2-3-5-17(16)19(20)23/h2-9H,10-12H2,1H3. The first-order valence-corrected chi connectivity index (χ1v) is 8.71. The van der Waals surface area contributed by atoms with Gasteiger partial charge in [0, 0.05) is 17.9 Å². The smallest absolute Gasteiger partial charge is 0.261 e. The van der Waals surface area contributed by atoms with Gasteiger partial charge >= 0.3 is 0 Å². The molecule has 4 nitrogen and oxygen atoms in total. The van der Waals surface area contributed by atoms with E-state index >= 15 is 0 Å². The van der Waals surface area contributed by atoms with E-state index in [1.54, 1.807) is 24.3 Å². The molecule has 0 saturated heterocycles. The van der Waals surface area contributed by atoms with Crippen LogP contribution in [0.15, 0.2) is 53.4 Å². The van der Waals surface area contributed by atoms with Gasteiger partial charge in [-0.2, -0.15) is 0 Å². The Morgan fingerprint density at radius 3 is 2.12 bits per heavy atom. The van der Waals surface area contributed by atoms with Crippen LogP contribution >= 0.6 is 11.8 Å². The van der Waals surface area contributed by atoms with Crippen LogP contribution in [0.2, 0.25) is 0 Å². The molecule has 0 N–H and O–H groups in total. The summed E-state index contributed by atoms with van der Waals surface area (Å²) >= 11 is 1.47. The van der Waals surface area contributed by atoms with Crippen molar-refractivity contribution in [3.63, 3.8) is 0 Å². The SMILES string of the molecule is Cc1ccc(SCC(=O)CCN2C(=O)c3ccccc3C2=O)cc1. The number of ketones is 1. The minimum Gasteiger partial charge on any atom is -0.299 e. The average molecular weight is 339 g/mol. The molecule has 24 heavy (non-hydrogen) atoms. The highest BCUT2D eigenvalue weighted by atomic mass is 32.2. The van der Waals surface area contributed by atoms with Crippen LogP contribution in [0.4, 0.5) is 0 Å². The maximum atomic E-state index is 12.2. The van der Waals surface area contributed by atoms with E-state index in [0.29, 0.717) is 16.9 Å². The molecular formula is C19H17NO3S. The molecule has 3 rings (SSSR count). The highest BCUT2D eigenvalue weighted by Gasteiger charge is 2.34. The van der Waals surface area contributed by atoms with Crippen molar-refractivity contribution < 1.29 is 14.4 Å². The first-order chi connectivity index (χ1) is 11.6. The van der Waals surface area contributed by atoms with Gasteiger partial charge < -0.3 is 0 Å². The van der Waals surface area contributed by atoms with Gasteiger partial charge in [-0.25, -0.2) is 0 Å². The Morgan fingerprint density at radius 1 is 0.958 bits per heavy atom. The zero-order chi connectivity index (χ0) is 17.1. The van der Waals surface area contributed by atoms with Crippen LogP contribution in [0.3, 0.4) is 0 Å². The summed E-state index contributed by atoms with van der Waals surface area (Å²) in [5.41, 5.74) is 2.02. The molecule has 2 amide bonds. The highest BCUT2D eigenvalue weighted by molar-refractivity contribution is 8.00. The number of Topliss-reactive ketones (excluding diaryl/α,β-unsaturated/α-hetero) is 1. The topological polar surface area (TPSA) is 54.5 Å². The second-order valence-corrected chi connectivity index (χ2v) is 6.75. The molecule has 0 atom stereocenters. The summed E-state index contributed by atoms with van der Waals surface area (Å²) < 4.78 is 0. The third kappa shape index (κ3) is 3.41. The molecule has 122 valence electrons. The predicted molar refractivity (Wildman–Crippen MR) is 93.3 cm³/mol. The summed E-state index contributed by atoms with van der Waals surface area (Å²) in [4.78, 5) is 38.7. The van der Waals surface area contributed by atoms with E-state index in [-0.39, 0.29) is 30.6 Å². The summed E-state index contributed by atoms with van der Waals surface area (Å²) in [6.07, 6.45) is 0.185. The van der Waals surface area contributed by atoms with Gasteiger partial charge in [-0.15, -0.1) is 11.8 Å². The Morgan fingerprint density at radius 2 is 1.54 bits per heavy atom. The lowest BCUT2D eigenvalue weighted by atomic mass is 10.1. The third-order valence-corrected chi connectivity index (χ3v) is 4.99. The summed E-state index contributed by atoms with van der Waals surface area (Å²) in [6.45, 7) is 2.15. The summed E-state index contributed by atoms with van der Waals surface area (Å²) in [6, 6.07) is 14.7. The number of rotatable bonds is 6. The Hall–Kier alpha value is -2.40. The van der Waals surface area contributed by atoms with Gasteiger partial charge in [0.2, 0.25) is 0 Å². The van der Waals surface area contributed by atoms with E-state index in [1.165, 1.54) is 22.2 Å². The van der Waals surface area contributed by atoms with Crippen LogP contribution in [-0.2, 0) is 4.79 Å². The van der Waals surface area contributed by atoms with Crippen molar-refractivity contribution >= 4 is 29.4 Å². The van der Waals surface area contributed by atoms with E-state index in [1.807, 2.05) is 31.2 Å². The number of imide groups is 1. The average Bonchev–Trinajstić information content (AvgIpc) is 2.84. The second-order valence-electron chi connectivity index (χ2n) is 5.70. The molecule has 0 saturated carbocycles. The lowest BCUT2D eigenvalue weighted by Gasteiger charge is -2.12. The quantitative estimate of drug-likeness (QED) is 0.598. The molecule has 2 aromatic carbocycles. The van der Waals surface area contributed by atoms with Crippen LogP contribution < -0.4 is 0 Å². The molecule has 2 aromatic rings. The normalized spacial score (nSPS) is 13.3. The Labute approximate surface area is 144 Å². The number of carbonyl (C=O) groups is 3. The van der Waals surface area contributed by atoms with Gasteiger partial charge in [0.15, 0.2) is 0 Å². The number of fused-ring (bicyclic) bond motifs is 1. The van der Waals surface area contributed by atoms with Crippen molar-refractivity contribution in [1.82, 2.24) is 4.90 Å². The molecular weight excluding hydrogens is 322 g/mol. The molecule has 0 radical (unpaired) electrons. The molecule has 1 aliphatic heterocycles. The lowest BCUT2D eigenvalue weighted by Crippen LogP contribution is -2.32. The van der Waals surface area contributed by atoms with Gasteiger partial charge in [0.1, 0.15) is 5.78 Å². The first-order valence-electron chi connectivity index (χ1n) is 7.72. The number of hydrogen-bond acceptors (Lipinski definition) is 4. The van der Waals surface area contributed by atoms with Crippen molar-refractivity contribution in [2.45, 2.75) is 18.2 Å². The minimum absolute atomic E-state index is 0.0251. The van der Waals surface area contributed by atoms with Gasteiger partial charge in [-0.05, 0) is 31.2 Å². The second kappa shape index (κ2) is 7.01. The molecule has 0 spiro atoms. The maximum absolute atomic E-state index is 12.2. The van der Waals surface area contributed by atoms with Gasteiger partial charge in [-0.3, -0.25) is 19.3 Å².